The summed E-state index contributed by atoms with van der Waals surface area (Å²) in [4.78, 5) is 19.9. The summed E-state index contributed by atoms with van der Waals surface area (Å²) in [6.45, 7) is 0. The van der Waals surface area contributed by atoms with Crippen molar-refractivity contribution in [1.82, 2.24) is 0 Å². The number of halogens is 2. The van der Waals surface area contributed by atoms with E-state index in [-0.39, 0.29) is 6.07 Å². The van der Waals surface area contributed by atoms with E-state index in [1.165, 1.54) is 0 Å². The van der Waals surface area contributed by atoms with Gasteiger partial charge in [0.1, 0.15) is 11.9 Å². The van der Waals surface area contributed by atoms with Gasteiger partial charge in [-0.2, -0.15) is 4.39 Å². The second-order valence-electron chi connectivity index (χ2n) is 3.76. The number of primary amides is 1. The summed E-state index contributed by atoms with van der Waals surface area (Å²) in [5, 5.41) is 29.4. The molecular formula is C10H10F2N2O5. The first-order chi connectivity index (χ1) is 8.73. The number of nitrogens with two attached hydrogens (primary N) is 1. The average molecular weight is 276 g/mol. The third-order valence-corrected chi connectivity index (χ3v) is 2.36. The van der Waals surface area contributed by atoms with Crippen molar-refractivity contribution in [3.05, 3.63) is 39.4 Å². The van der Waals surface area contributed by atoms with Crippen LogP contribution in [0.2, 0.25) is 0 Å². The van der Waals surface area contributed by atoms with Crippen molar-refractivity contribution < 1.29 is 28.7 Å². The van der Waals surface area contributed by atoms with Gasteiger partial charge in [0.2, 0.25) is 11.7 Å². The second-order valence-corrected chi connectivity index (χ2v) is 3.76. The van der Waals surface area contributed by atoms with Crippen LogP contribution in [0.5, 0.6) is 0 Å². The molecule has 1 aromatic rings. The number of nitro benzene ring substituents is 1. The first kappa shape index (κ1) is 14.9. The first-order valence-electron chi connectivity index (χ1n) is 5.01. The maximum atomic E-state index is 13.4. The molecule has 0 fully saturated rings. The van der Waals surface area contributed by atoms with Gasteiger partial charge in [-0.15, -0.1) is 0 Å². The molecular weight excluding hydrogens is 266 g/mol. The fourth-order valence-electron chi connectivity index (χ4n) is 1.45. The Morgan fingerprint density at radius 2 is 1.95 bits per heavy atom. The Balaban J connectivity index is 3.15. The van der Waals surface area contributed by atoms with Gasteiger partial charge in [-0.05, 0) is 0 Å². The molecule has 0 aliphatic heterocycles. The molecule has 4 N–H and O–H groups in total. The SMILES string of the molecule is NC(=O)CC(O)C(O)c1cc([N+](=O)[O-])c(F)cc1F. The molecule has 2 unspecified atom stereocenters. The fourth-order valence-corrected chi connectivity index (χ4v) is 1.45. The summed E-state index contributed by atoms with van der Waals surface area (Å²) in [5.74, 6) is -3.65. The van der Waals surface area contributed by atoms with E-state index in [1.54, 1.807) is 0 Å². The van der Waals surface area contributed by atoms with Crippen LogP contribution in [0.25, 0.3) is 0 Å². The Kier molecular flexibility index (Phi) is 4.46. The molecule has 7 nitrogen and oxygen atoms in total. The van der Waals surface area contributed by atoms with E-state index in [2.05, 4.69) is 0 Å². The van der Waals surface area contributed by atoms with Crippen molar-refractivity contribution in [1.29, 1.82) is 0 Å². The van der Waals surface area contributed by atoms with Crippen molar-refractivity contribution in [3.8, 4) is 0 Å². The molecule has 104 valence electrons. The van der Waals surface area contributed by atoms with Gasteiger partial charge in [-0.3, -0.25) is 14.9 Å². The Labute approximate surface area is 105 Å². The number of nitro groups is 1. The van der Waals surface area contributed by atoms with E-state index in [0.29, 0.717) is 6.07 Å². The minimum atomic E-state index is -1.94. The summed E-state index contributed by atoms with van der Waals surface area (Å²) < 4.78 is 26.4. The number of hydrogen-bond acceptors (Lipinski definition) is 5. The molecule has 0 radical (unpaired) electrons. The highest BCUT2D eigenvalue weighted by molar-refractivity contribution is 5.74. The number of hydrogen-bond donors (Lipinski definition) is 3. The van der Waals surface area contributed by atoms with Gasteiger partial charge >= 0.3 is 5.69 Å². The minimum absolute atomic E-state index is 0.216. The highest BCUT2D eigenvalue weighted by atomic mass is 19.1. The largest absolute Gasteiger partial charge is 0.390 e. The number of rotatable bonds is 5. The minimum Gasteiger partial charge on any atom is -0.390 e. The zero-order valence-electron chi connectivity index (χ0n) is 9.42. The van der Waals surface area contributed by atoms with Crippen LogP contribution in [0.1, 0.15) is 18.1 Å². The topological polar surface area (TPSA) is 127 Å². The van der Waals surface area contributed by atoms with Crippen LogP contribution >= 0.6 is 0 Å². The number of carbonyl (C=O) groups excluding carboxylic acids is 1. The van der Waals surface area contributed by atoms with Crippen molar-refractivity contribution in [2.75, 3.05) is 0 Å². The van der Waals surface area contributed by atoms with Gasteiger partial charge in [-0.25, -0.2) is 4.39 Å². The molecule has 0 spiro atoms. The highest BCUT2D eigenvalue weighted by Gasteiger charge is 2.27. The molecule has 0 saturated heterocycles. The van der Waals surface area contributed by atoms with Crippen LogP contribution in [0.3, 0.4) is 0 Å². The predicted molar refractivity (Wildman–Crippen MR) is 57.8 cm³/mol. The van der Waals surface area contributed by atoms with Crippen molar-refractivity contribution in [2.24, 2.45) is 5.73 Å². The summed E-state index contributed by atoms with van der Waals surface area (Å²) >= 11 is 0. The number of nitrogens with zero attached hydrogens (tertiary/aromatic N) is 1. The van der Waals surface area contributed by atoms with E-state index in [9.17, 15) is 33.9 Å². The van der Waals surface area contributed by atoms with E-state index in [0.717, 1.165) is 0 Å². The quantitative estimate of drug-likeness (QED) is 0.521. The Morgan fingerprint density at radius 3 is 2.42 bits per heavy atom. The van der Waals surface area contributed by atoms with Gasteiger partial charge in [0.05, 0.1) is 17.4 Å². The van der Waals surface area contributed by atoms with Gasteiger partial charge in [0.25, 0.3) is 0 Å². The standard InChI is InChI=1S/C10H10F2N2O5/c11-5-2-6(12)7(14(18)19)1-4(5)10(17)8(15)3-9(13)16/h1-2,8,10,15,17H,3H2,(H2,13,16). The van der Waals surface area contributed by atoms with Gasteiger partial charge in [-0.1, -0.05) is 0 Å². The summed E-state index contributed by atoms with van der Waals surface area (Å²) in [5.41, 5.74) is 3.03. The van der Waals surface area contributed by atoms with Gasteiger partial charge < -0.3 is 15.9 Å². The van der Waals surface area contributed by atoms with Crippen molar-refractivity contribution in [2.45, 2.75) is 18.6 Å². The maximum Gasteiger partial charge on any atom is 0.305 e. The maximum absolute atomic E-state index is 13.4. The highest BCUT2D eigenvalue weighted by Crippen LogP contribution is 2.28. The number of aliphatic hydroxyl groups excluding tert-OH is 2. The lowest BCUT2D eigenvalue weighted by molar-refractivity contribution is -0.387. The molecule has 0 aliphatic carbocycles. The lowest BCUT2D eigenvalue weighted by atomic mass is 10.0. The molecule has 9 heteroatoms. The number of carbonyl (C=O) groups is 1. The van der Waals surface area contributed by atoms with E-state index in [4.69, 9.17) is 5.73 Å². The third kappa shape index (κ3) is 3.42. The smallest absolute Gasteiger partial charge is 0.305 e. The third-order valence-electron chi connectivity index (χ3n) is 2.36. The molecule has 1 aromatic carbocycles. The molecule has 0 bridgehead atoms. The summed E-state index contributed by atoms with van der Waals surface area (Å²) in [6.07, 6.45) is -4.37. The van der Waals surface area contributed by atoms with Crippen LogP contribution in [-0.2, 0) is 4.79 Å². The number of amides is 1. The molecule has 19 heavy (non-hydrogen) atoms. The van der Waals surface area contributed by atoms with Gasteiger partial charge in [0.15, 0.2) is 0 Å². The van der Waals surface area contributed by atoms with Crippen LogP contribution < -0.4 is 5.73 Å². The predicted octanol–water partition coefficient (Wildman–Crippen LogP) is 0.143. The van der Waals surface area contributed by atoms with Crippen molar-refractivity contribution in [3.63, 3.8) is 0 Å². The molecule has 0 heterocycles. The lowest BCUT2D eigenvalue weighted by Crippen LogP contribution is -2.26. The van der Waals surface area contributed by atoms with Crippen LogP contribution in [0.4, 0.5) is 14.5 Å². The second kappa shape index (κ2) is 5.67. The lowest BCUT2D eigenvalue weighted by Gasteiger charge is -2.17. The molecule has 0 aliphatic rings. The van der Waals surface area contributed by atoms with E-state index >= 15 is 0 Å². The zero-order valence-corrected chi connectivity index (χ0v) is 9.42. The first-order valence-corrected chi connectivity index (χ1v) is 5.01. The fraction of sp³-hybridized carbons (Fsp3) is 0.300. The summed E-state index contributed by atoms with van der Waals surface area (Å²) in [7, 11) is 0. The van der Waals surface area contributed by atoms with Crippen LogP contribution in [0, 0.1) is 21.7 Å². The molecule has 2 atom stereocenters. The van der Waals surface area contributed by atoms with Crippen LogP contribution in [0.15, 0.2) is 12.1 Å². The van der Waals surface area contributed by atoms with Gasteiger partial charge in [0, 0.05) is 17.7 Å². The Hall–Kier alpha value is -2.13. The summed E-state index contributed by atoms with van der Waals surface area (Å²) in [6, 6.07) is 0.674. The number of aliphatic hydroxyl groups is 2. The van der Waals surface area contributed by atoms with E-state index < -0.39 is 52.3 Å². The number of benzene rings is 1. The molecule has 0 saturated carbocycles. The molecule has 1 rings (SSSR count). The molecule has 1 amide bonds. The normalized spacial score (nSPS) is 13.9. The van der Waals surface area contributed by atoms with Crippen molar-refractivity contribution >= 4 is 11.6 Å². The van der Waals surface area contributed by atoms with Crippen LogP contribution in [-0.4, -0.2) is 27.1 Å². The Morgan fingerprint density at radius 1 is 1.37 bits per heavy atom. The molecule has 0 aromatic heterocycles. The Bertz CT molecular complexity index is 523. The zero-order chi connectivity index (χ0) is 14.7. The monoisotopic (exact) mass is 276 g/mol. The average Bonchev–Trinajstić information content (AvgIpc) is 2.26. The van der Waals surface area contributed by atoms with E-state index in [1.807, 2.05) is 0 Å².